The maximum Gasteiger partial charge on any atom is 0.0422 e. The number of hydrogen-bond donors (Lipinski definition) is 1. The van der Waals surface area contributed by atoms with Crippen LogP contribution >= 0.6 is 0 Å². The first kappa shape index (κ1) is 11.6. The molecule has 0 bridgehead atoms. The lowest BCUT2D eigenvalue weighted by Crippen LogP contribution is -2.30. The van der Waals surface area contributed by atoms with Crippen LogP contribution in [-0.4, -0.2) is 6.04 Å². The standard InChI is InChI=1S/C17H21N/c1-17(2)12-6-11-16(17)18-15-10-5-8-13-7-3-4-9-14(13)15/h3-5,7-10,16,18H,6,11-12H2,1-2H3. The third-order valence-corrected chi connectivity index (χ3v) is 4.38. The molecule has 0 saturated heterocycles. The minimum atomic E-state index is 0.414. The first-order chi connectivity index (χ1) is 8.67. The topological polar surface area (TPSA) is 12.0 Å². The molecule has 1 saturated carbocycles. The smallest absolute Gasteiger partial charge is 0.0422 e. The molecule has 2 aromatic carbocycles. The van der Waals surface area contributed by atoms with Gasteiger partial charge in [-0.2, -0.15) is 0 Å². The predicted molar refractivity (Wildman–Crippen MR) is 79.0 cm³/mol. The quantitative estimate of drug-likeness (QED) is 0.791. The molecule has 0 aliphatic heterocycles. The second-order valence-electron chi connectivity index (χ2n) is 6.10. The molecule has 2 aromatic rings. The summed E-state index contributed by atoms with van der Waals surface area (Å²) in [6, 6.07) is 15.7. The normalized spacial score (nSPS) is 22.2. The molecule has 1 heteroatoms. The van der Waals surface area contributed by atoms with E-state index in [1.807, 2.05) is 0 Å². The van der Waals surface area contributed by atoms with Crippen molar-refractivity contribution < 1.29 is 0 Å². The molecule has 0 spiro atoms. The van der Waals surface area contributed by atoms with Gasteiger partial charge in [0.2, 0.25) is 0 Å². The highest BCUT2D eigenvalue weighted by Gasteiger charge is 2.34. The number of hydrogen-bond acceptors (Lipinski definition) is 1. The minimum absolute atomic E-state index is 0.414. The van der Waals surface area contributed by atoms with Gasteiger partial charge >= 0.3 is 0 Å². The molecule has 0 radical (unpaired) electrons. The molecule has 3 rings (SSSR count). The molecule has 1 atom stereocenters. The lowest BCUT2D eigenvalue weighted by molar-refractivity contribution is 0.350. The van der Waals surface area contributed by atoms with Gasteiger partial charge in [-0.15, -0.1) is 0 Å². The van der Waals surface area contributed by atoms with Crippen LogP contribution in [0.1, 0.15) is 33.1 Å². The van der Waals surface area contributed by atoms with Gasteiger partial charge in [0.25, 0.3) is 0 Å². The van der Waals surface area contributed by atoms with E-state index >= 15 is 0 Å². The molecule has 0 heterocycles. The van der Waals surface area contributed by atoms with Gasteiger partial charge in [-0.25, -0.2) is 0 Å². The van der Waals surface area contributed by atoms with E-state index in [4.69, 9.17) is 0 Å². The van der Waals surface area contributed by atoms with Crippen LogP contribution in [0.4, 0.5) is 5.69 Å². The van der Waals surface area contributed by atoms with Gasteiger partial charge in [-0.05, 0) is 29.7 Å². The summed E-state index contributed by atoms with van der Waals surface area (Å²) >= 11 is 0. The second kappa shape index (κ2) is 4.31. The maximum absolute atomic E-state index is 3.77. The van der Waals surface area contributed by atoms with Gasteiger partial charge in [-0.3, -0.25) is 0 Å². The van der Waals surface area contributed by atoms with Crippen LogP contribution in [-0.2, 0) is 0 Å². The summed E-state index contributed by atoms with van der Waals surface area (Å²) in [5, 5.41) is 6.43. The highest BCUT2D eigenvalue weighted by molar-refractivity contribution is 5.93. The van der Waals surface area contributed by atoms with E-state index < -0.39 is 0 Å². The van der Waals surface area contributed by atoms with Crippen molar-refractivity contribution in [2.45, 2.75) is 39.2 Å². The van der Waals surface area contributed by atoms with Crippen molar-refractivity contribution in [2.75, 3.05) is 5.32 Å². The maximum atomic E-state index is 3.77. The van der Waals surface area contributed by atoms with Gasteiger partial charge in [0.05, 0.1) is 0 Å². The Morgan fingerprint density at radius 1 is 1.06 bits per heavy atom. The summed E-state index contributed by atoms with van der Waals surface area (Å²) in [7, 11) is 0. The molecule has 1 nitrogen and oxygen atoms in total. The number of rotatable bonds is 2. The minimum Gasteiger partial charge on any atom is -0.381 e. The summed E-state index contributed by atoms with van der Waals surface area (Å²) in [6.45, 7) is 4.76. The van der Waals surface area contributed by atoms with Crippen molar-refractivity contribution in [1.82, 2.24) is 0 Å². The number of nitrogens with one attached hydrogen (secondary N) is 1. The number of anilines is 1. The Kier molecular flexibility index (Phi) is 2.77. The Bertz CT molecular complexity index is 551. The van der Waals surface area contributed by atoms with Crippen molar-refractivity contribution in [2.24, 2.45) is 5.41 Å². The highest BCUT2D eigenvalue weighted by Crippen LogP contribution is 2.39. The van der Waals surface area contributed by atoms with E-state index in [2.05, 4.69) is 61.6 Å². The molecular formula is C17H21N. The van der Waals surface area contributed by atoms with Crippen LogP contribution in [0.5, 0.6) is 0 Å². The zero-order valence-corrected chi connectivity index (χ0v) is 11.2. The average molecular weight is 239 g/mol. The zero-order valence-electron chi connectivity index (χ0n) is 11.2. The molecule has 1 aliphatic carbocycles. The van der Waals surface area contributed by atoms with Crippen LogP contribution in [0.25, 0.3) is 10.8 Å². The van der Waals surface area contributed by atoms with Crippen LogP contribution in [0.15, 0.2) is 42.5 Å². The SMILES string of the molecule is CC1(C)CCCC1Nc1cccc2ccccc12. The van der Waals surface area contributed by atoms with E-state index in [0.29, 0.717) is 11.5 Å². The molecule has 1 fully saturated rings. The molecule has 18 heavy (non-hydrogen) atoms. The van der Waals surface area contributed by atoms with E-state index in [-0.39, 0.29) is 0 Å². The van der Waals surface area contributed by atoms with Crippen molar-refractivity contribution in [3.63, 3.8) is 0 Å². The Balaban J connectivity index is 1.95. The van der Waals surface area contributed by atoms with E-state index in [0.717, 1.165) is 0 Å². The van der Waals surface area contributed by atoms with Gasteiger partial charge in [0.15, 0.2) is 0 Å². The molecular weight excluding hydrogens is 218 g/mol. The van der Waals surface area contributed by atoms with E-state index in [1.165, 1.54) is 35.7 Å². The van der Waals surface area contributed by atoms with E-state index in [9.17, 15) is 0 Å². The lowest BCUT2D eigenvalue weighted by atomic mass is 9.87. The molecule has 0 amide bonds. The van der Waals surface area contributed by atoms with Crippen molar-refractivity contribution in [1.29, 1.82) is 0 Å². The van der Waals surface area contributed by atoms with Crippen molar-refractivity contribution in [3.05, 3.63) is 42.5 Å². The predicted octanol–water partition coefficient (Wildman–Crippen LogP) is 4.83. The van der Waals surface area contributed by atoms with Crippen molar-refractivity contribution in [3.8, 4) is 0 Å². The molecule has 1 aliphatic rings. The molecule has 1 unspecified atom stereocenters. The fourth-order valence-corrected chi connectivity index (χ4v) is 3.13. The average Bonchev–Trinajstić information content (AvgIpc) is 2.69. The highest BCUT2D eigenvalue weighted by atomic mass is 14.9. The summed E-state index contributed by atoms with van der Waals surface area (Å²) in [5.41, 5.74) is 1.70. The number of benzene rings is 2. The van der Waals surface area contributed by atoms with Gasteiger partial charge in [0, 0.05) is 17.1 Å². The summed E-state index contributed by atoms with van der Waals surface area (Å²) in [6.07, 6.45) is 3.96. The third kappa shape index (κ3) is 1.98. The lowest BCUT2D eigenvalue weighted by Gasteiger charge is -2.29. The Morgan fingerprint density at radius 3 is 2.61 bits per heavy atom. The first-order valence-electron chi connectivity index (χ1n) is 6.91. The Labute approximate surface area is 109 Å². The fourth-order valence-electron chi connectivity index (χ4n) is 3.13. The van der Waals surface area contributed by atoms with Crippen LogP contribution in [0.2, 0.25) is 0 Å². The Morgan fingerprint density at radius 2 is 1.83 bits per heavy atom. The van der Waals surface area contributed by atoms with Crippen LogP contribution in [0, 0.1) is 5.41 Å². The summed E-state index contributed by atoms with van der Waals surface area (Å²) in [5.74, 6) is 0. The molecule has 1 N–H and O–H groups in total. The summed E-state index contributed by atoms with van der Waals surface area (Å²) in [4.78, 5) is 0. The first-order valence-corrected chi connectivity index (χ1v) is 6.91. The van der Waals surface area contributed by atoms with Crippen LogP contribution in [0.3, 0.4) is 0 Å². The Hall–Kier alpha value is -1.50. The fraction of sp³-hybridized carbons (Fsp3) is 0.412. The van der Waals surface area contributed by atoms with Gasteiger partial charge < -0.3 is 5.32 Å². The largest absolute Gasteiger partial charge is 0.381 e. The monoisotopic (exact) mass is 239 g/mol. The third-order valence-electron chi connectivity index (χ3n) is 4.38. The van der Waals surface area contributed by atoms with Gasteiger partial charge in [0.1, 0.15) is 0 Å². The van der Waals surface area contributed by atoms with E-state index in [1.54, 1.807) is 0 Å². The van der Waals surface area contributed by atoms with Crippen molar-refractivity contribution >= 4 is 16.5 Å². The second-order valence-corrected chi connectivity index (χ2v) is 6.10. The molecule has 0 aromatic heterocycles. The van der Waals surface area contributed by atoms with Crippen LogP contribution < -0.4 is 5.32 Å². The molecule has 94 valence electrons. The zero-order chi connectivity index (χ0) is 12.6. The number of fused-ring (bicyclic) bond motifs is 1. The van der Waals surface area contributed by atoms with Gasteiger partial charge in [-0.1, -0.05) is 56.7 Å². The summed E-state index contributed by atoms with van der Waals surface area (Å²) < 4.78 is 0.